The number of hydrogen-bond acceptors (Lipinski definition) is 2. The maximum Gasteiger partial charge on any atom is 0.219 e. The van der Waals surface area contributed by atoms with Gasteiger partial charge >= 0.3 is 0 Å². The third kappa shape index (κ3) is 2.48. The molecule has 0 saturated carbocycles. The molecule has 0 aromatic heterocycles. The molecule has 1 aliphatic heterocycles. The van der Waals surface area contributed by atoms with Gasteiger partial charge in [0.1, 0.15) is 0 Å². The van der Waals surface area contributed by atoms with Gasteiger partial charge in [-0.25, -0.2) is 0 Å². The number of carbonyl (C=O) groups excluding carboxylic acids is 1. The van der Waals surface area contributed by atoms with Crippen LogP contribution in [-0.2, 0) is 9.53 Å². The molecule has 0 bridgehead atoms. The summed E-state index contributed by atoms with van der Waals surface area (Å²) in [6, 6.07) is 0. The van der Waals surface area contributed by atoms with Crippen LogP contribution in [0.15, 0.2) is 0 Å². The summed E-state index contributed by atoms with van der Waals surface area (Å²) >= 11 is 0. The van der Waals surface area contributed by atoms with Gasteiger partial charge in [-0.15, -0.1) is 0 Å². The number of piperidine rings is 1. The van der Waals surface area contributed by atoms with Crippen molar-refractivity contribution >= 4 is 5.91 Å². The zero-order valence-corrected chi connectivity index (χ0v) is 7.88. The molecule has 0 aromatic rings. The standard InChI is InChI=1S/C9H17NO2/c1-8(11)10-5-3-4-9(6-10)7-12-2/h9H,3-7H2,1-2H3/t9-/m0/s1. The van der Waals surface area contributed by atoms with Crippen molar-refractivity contribution in [2.45, 2.75) is 19.8 Å². The first-order valence-corrected chi connectivity index (χ1v) is 4.48. The highest BCUT2D eigenvalue weighted by molar-refractivity contribution is 5.73. The van der Waals surface area contributed by atoms with Gasteiger partial charge in [0.2, 0.25) is 5.91 Å². The molecule has 0 aliphatic carbocycles. The third-order valence-electron chi connectivity index (χ3n) is 2.37. The Hall–Kier alpha value is -0.570. The fourth-order valence-corrected chi connectivity index (χ4v) is 1.72. The van der Waals surface area contributed by atoms with Crippen LogP contribution in [-0.4, -0.2) is 37.6 Å². The molecule has 3 heteroatoms. The lowest BCUT2D eigenvalue weighted by atomic mass is 9.99. The summed E-state index contributed by atoms with van der Waals surface area (Å²) in [5, 5.41) is 0. The maximum absolute atomic E-state index is 11.0. The van der Waals surface area contributed by atoms with Gasteiger partial charge in [0.15, 0.2) is 0 Å². The fourth-order valence-electron chi connectivity index (χ4n) is 1.72. The maximum atomic E-state index is 11.0. The van der Waals surface area contributed by atoms with Crippen molar-refractivity contribution in [3.05, 3.63) is 0 Å². The van der Waals surface area contributed by atoms with Gasteiger partial charge in [0.25, 0.3) is 0 Å². The summed E-state index contributed by atoms with van der Waals surface area (Å²) in [6.07, 6.45) is 2.31. The largest absolute Gasteiger partial charge is 0.384 e. The van der Waals surface area contributed by atoms with Gasteiger partial charge in [0, 0.05) is 27.1 Å². The summed E-state index contributed by atoms with van der Waals surface area (Å²) in [4.78, 5) is 12.9. The molecule has 12 heavy (non-hydrogen) atoms. The Bertz CT molecular complexity index is 157. The van der Waals surface area contributed by atoms with Gasteiger partial charge in [0.05, 0.1) is 6.61 Å². The lowest BCUT2D eigenvalue weighted by molar-refractivity contribution is -0.131. The lowest BCUT2D eigenvalue weighted by Crippen LogP contribution is -2.39. The minimum Gasteiger partial charge on any atom is -0.384 e. The van der Waals surface area contributed by atoms with Gasteiger partial charge in [-0.1, -0.05) is 0 Å². The predicted octanol–water partition coefficient (Wildman–Crippen LogP) is 0.891. The van der Waals surface area contributed by atoms with Crippen LogP contribution in [0, 0.1) is 5.92 Å². The van der Waals surface area contributed by atoms with Crippen molar-refractivity contribution < 1.29 is 9.53 Å². The number of hydrogen-bond donors (Lipinski definition) is 0. The average molecular weight is 171 g/mol. The lowest BCUT2D eigenvalue weighted by Gasteiger charge is -2.31. The minimum absolute atomic E-state index is 0.191. The number of likely N-dealkylation sites (tertiary alicyclic amines) is 1. The normalized spacial score (nSPS) is 24.2. The SMILES string of the molecule is COC[C@H]1CCCN(C(C)=O)C1. The van der Waals surface area contributed by atoms with Gasteiger partial charge in [-0.05, 0) is 18.8 Å². The topological polar surface area (TPSA) is 29.5 Å². The number of carbonyl (C=O) groups is 1. The van der Waals surface area contributed by atoms with Crippen LogP contribution in [0.25, 0.3) is 0 Å². The quantitative estimate of drug-likeness (QED) is 0.617. The highest BCUT2D eigenvalue weighted by Gasteiger charge is 2.20. The van der Waals surface area contributed by atoms with Gasteiger partial charge < -0.3 is 9.64 Å². The van der Waals surface area contributed by atoms with E-state index < -0.39 is 0 Å². The second kappa shape index (κ2) is 4.45. The Balaban J connectivity index is 2.35. The summed E-state index contributed by atoms with van der Waals surface area (Å²) in [5.41, 5.74) is 0. The first-order chi connectivity index (χ1) is 5.74. The van der Waals surface area contributed by atoms with Crippen molar-refractivity contribution in [2.75, 3.05) is 26.8 Å². The summed E-state index contributed by atoms with van der Waals surface area (Å²) in [6.45, 7) is 4.22. The van der Waals surface area contributed by atoms with Crippen LogP contribution in [0.1, 0.15) is 19.8 Å². The molecular weight excluding hydrogens is 154 g/mol. The zero-order chi connectivity index (χ0) is 8.97. The van der Waals surface area contributed by atoms with Crippen molar-refractivity contribution in [1.82, 2.24) is 4.90 Å². The van der Waals surface area contributed by atoms with Crippen molar-refractivity contribution in [1.29, 1.82) is 0 Å². The molecule has 0 aromatic carbocycles. The van der Waals surface area contributed by atoms with Crippen LogP contribution < -0.4 is 0 Å². The molecule has 1 aliphatic rings. The van der Waals surface area contributed by atoms with E-state index in [-0.39, 0.29) is 5.91 Å². The molecule has 1 fully saturated rings. The molecule has 1 saturated heterocycles. The summed E-state index contributed by atoms with van der Waals surface area (Å²) in [5.74, 6) is 0.739. The van der Waals surface area contributed by atoms with Crippen LogP contribution in [0.5, 0.6) is 0 Å². The van der Waals surface area contributed by atoms with Crippen molar-refractivity contribution in [2.24, 2.45) is 5.92 Å². The third-order valence-corrected chi connectivity index (χ3v) is 2.37. The second-order valence-electron chi connectivity index (χ2n) is 3.43. The first-order valence-electron chi connectivity index (χ1n) is 4.48. The Morgan fingerprint density at radius 1 is 1.67 bits per heavy atom. The molecule has 0 spiro atoms. The smallest absolute Gasteiger partial charge is 0.219 e. The molecule has 3 nitrogen and oxygen atoms in total. The van der Waals surface area contributed by atoms with Crippen LogP contribution in [0.2, 0.25) is 0 Å². The van der Waals surface area contributed by atoms with E-state index in [2.05, 4.69) is 0 Å². The highest BCUT2D eigenvalue weighted by atomic mass is 16.5. The number of amides is 1. The van der Waals surface area contributed by atoms with E-state index >= 15 is 0 Å². The fraction of sp³-hybridized carbons (Fsp3) is 0.889. The Morgan fingerprint density at radius 2 is 2.42 bits per heavy atom. The number of methoxy groups -OCH3 is 1. The van der Waals surface area contributed by atoms with Crippen molar-refractivity contribution in [3.8, 4) is 0 Å². The number of rotatable bonds is 2. The van der Waals surface area contributed by atoms with Crippen molar-refractivity contribution in [3.63, 3.8) is 0 Å². The van der Waals surface area contributed by atoms with E-state index in [0.29, 0.717) is 5.92 Å². The Labute approximate surface area is 73.7 Å². The molecule has 0 radical (unpaired) electrons. The number of ether oxygens (including phenoxy) is 1. The molecule has 1 rings (SSSR count). The molecule has 0 N–H and O–H groups in total. The van der Waals surface area contributed by atoms with E-state index in [0.717, 1.165) is 26.1 Å². The van der Waals surface area contributed by atoms with E-state index in [1.165, 1.54) is 6.42 Å². The zero-order valence-electron chi connectivity index (χ0n) is 7.88. The second-order valence-corrected chi connectivity index (χ2v) is 3.43. The summed E-state index contributed by atoms with van der Waals surface area (Å²) < 4.78 is 5.07. The Kier molecular flexibility index (Phi) is 3.53. The molecular formula is C9H17NO2. The van der Waals surface area contributed by atoms with E-state index in [4.69, 9.17) is 4.74 Å². The summed E-state index contributed by atoms with van der Waals surface area (Å²) in [7, 11) is 1.71. The van der Waals surface area contributed by atoms with E-state index in [1.54, 1.807) is 14.0 Å². The average Bonchev–Trinajstić information content (AvgIpc) is 2.05. The van der Waals surface area contributed by atoms with Crippen LogP contribution >= 0.6 is 0 Å². The Morgan fingerprint density at radius 3 is 3.00 bits per heavy atom. The van der Waals surface area contributed by atoms with Gasteiger partial charge in [-0.3, -0.25) is 4.79 Å². The van der Waals surface area contributed by atoms with Gasteiger partial charge in [-0.2, -0.15) is 0 Å². The van der Waals surface area contributed by atoms with Crippen LogP contribution in [0.3, 0.4) is 0 Å². The molecule has 1 heterocycles. The first kappa shape index (κ1) is 9.52. The predicted molar refractivity (Wildman–Crippen MR) is 46.9 cm³/mol. The van der Waals surface area contributed by atoms with E-state index in [9.17, 15) is 4.79 Å². The monoisotopic (exact) mass is 171 g/mol. The molecule has 0 unspecified atom stereocenters. The van der Waals surface area contributed by atoms with E-state index in [1.807, 2.05) is 4.90 Å². The molecule has 1 amide bonds. The number of nitrogens with zero attached hydrogens (tertiary/aromatic N) is 1. The minimum atomic E-state index is 0.191. The molecule has 70 valence electrons. The molecule has 1 atom stereocenters. The highest BCUT2D eigenvalue weighted by Crippen LogP contribution is 2.16. The van der Waals surface area contributed by atoms with Crippen LogP contribution in [0.4, 0.5) is 0 Å².